The van der Waals surface area contributed by atoms with Gasteiger partial charge in [-0.15, -0.1) is 0 Å². The van der Waals surface area contributed by atoms with Crippen molar-refractivity contribution in [2.24, 2.45) is 0 Å². The first-order chi connectivity index (χ1) is 6.75. The molecule has 0 N–H and O–H groups in total. The average Bonchev–Trinajstić information content (AvgIpc) is 2.00. The van der Waals surface area contributed by atoms with Crippen LogP contribution in [-0.2, 0) is 9.05 Å². The molecule has 0 radical (unpaired) electrons. The van der Waals surface area contributed by atoms with Crippen LogP contribution in [0.5, 0.6) is 0 Å². The average molecular weight is 276 g/mol. The van der Waals surface area contributed by atoms with Crippen molar-refractivity contribution in [3.63, 3.8) is 0 Å². The number of aromatic nitrogens is 1. The highest BCUT2D eigenvalue weighted by Gasteiger charge is 2.23. The van der Waals surface area contributed by atoms with Gasteiger partial charge in [0.2, 0.25) is 0 Å². The molecule has 0 aliphatic carbocycles. The predicted octanol–water partition coefficient (Wildman–Crippen LogP) is 2.91. The van der Waals surface area contributed by atoms with Crippen LogP contribution in [0.3, 0.4) is 0 Å². The number of rotatable bonds is 2. The van der Waals surface area contributed by atoms with E-state index in [-0.39, 0.29) is 5.56 Å². The molecule has 1 rings (SSSR count). The lowest BCUT2D eigenvalue weighted by atomic mass is 10.2. The molecule has 0 saturated carbocycles. The van der Waals surface area contributed by atoms with E-state index < -0.39 is 31.1 Å². The van der Waals surface area contributed by atoms with Gasteiger partial charge >= 0.3 is 0 Å². The van der Waals surface area contributed by atoms with Crippen LogP contribution in [0.1, 0.15) is 17.6 Å². The van der Waals surface area contributed by atoms with Crippen LogP contribution in [0.2, 0.25) is 5.15 Å². The van der Waals surface area contributed by atoms with Gasteiger partial charge in [0.25, 0.3) is 15.5 Å². The number of halogens is 4. The van der Waals surface area contributed by atoms with E-state index in [1.807, 2.05) is 0 Å². The molecule has 0 amide bonds. The maximum absolute atomic E-state index is 12.5. The van der Waals surface area contributed by atoms with Crippen LogP contribution in [0, 0.1) is 6.92 Å². The van der Waals surface area contributed by atoms with Crippen molar-refractivity contribution in [1.29, 1.82) is 0 Å². The van der Waals surface area contributed by atoms with Crippen molar-refractivity contribution in [3.8, 4) is 0 Å². The summed E-state index contributed by atoms with van der Waals surface area (Å²) in [6.07, 6.45) is -2.05. The number of nitrogens with zero attached hydrogens (tertiary/aromatic N) is 1. The number of hydrogen-bond donors (Lipinski definition) is 0. The van der Waals surface area contributed by atoms with Crippen molar-refractivity contribution in [3.05, 3.63) is 22.5 Å². The first-order valence-corrected chi connectivity index (χ1v) is 6.31. The first-order valence-electron chi connectivity index (χ1n) is 3.63. The predicted molar refractivity (Wildman–Crippen MR) is 52.0 cm³/mol. The van der Waals surface area contributed by atoms with Crippen LogP contribution in [-0.4, -0.2) is 13.4 Å². The van der Waals surface area contributed by atoms with E-state index in [1.165, 1.54) is 6.92 Å². The molecule has 1 heterocycles. The Bertz CT molecular complexity index is 490. The molecule has 0 aliphatic rings. The van der Waals surface area contributed by atoms with Gasteiger partial charge in [0, 0.05) is 16.9 Å². The molecule has 0 saturated heterocycles. The van der Waals surface area contributed by atoms with E-state index in [0.717, 1.165) is 6.20 Å². The van der Waals surface area contributed by atoms with Gasteiger partial charge in [0.15, 0.2) is 0 Å². The Labute approximate surface area is 94.4 Å². The summed E-state index contributed by atoms with van der Waals surface area (Å²) in [7, 11) is 0.949. The molecule has 1 aromatic heterocycles. The summed E-state index contributed by atoms with van der Waals surface area (Å²) in [5.74, 6) is 0. The van der Waals surface area contributed by atoms with Gasteiger partial charge in [-0.05, 0) is 12.5 Å². The van der Waals surface area contributed by atoms with Crippen molar-refractivity contribution in [2.45, 2.75) is 18.2 Å². The van der Waals surface area contributed by atoms with Crippen molar-refractivity contribution in [2.75, 3.05) is 0 Å². The third-order valence-corrected chi connectivity index (χ3v) is 3.51. The van der Waals surface area contributed by atoms with Crippen LogP contribution in [0.15, 0.2) is 11.1 Å². The molecule has 0 fully saturated rings. The largest absolute Gasteiger partial charge is 0.267 e. The number of pyridine rings is 1. The third-order valence-electron chi connectivity index (χ3n) is 1.77. The molecule has 84 valence electrons. The van der Waals surface area contributed by atoms with Crippen LogP contribution in [0.25, 0.3) is 0 Å². The standard InChI is InChI=1S/C7H5Cl2F2NO2S/c1-3-4(15(9,13)14)2-12-6(8)5(3)7(10)11/h2,7H,1H3. The fourth-order valence-electron chi connectivity index (χ4n) is 1.07. The zero-order valence-electron chi connectivity index (χ0n) is 7.34. The van der Waals surface area contributed by atoms with E-state index in [2.05, 4.69) is 4.98 Å². The SMILES string of the molecule is Cc1c(S(=O)(=O)Cl)cnc(Cl)c1C(F)F. The quantitative estimate of drug-likeness (QED) is 0.616. The molecule has 0 aromatic carbocycles. The molecule has 0 aliphatic heterocycles. The van der Waals surface area contributed by atoms with E-state index >= 15 is 0 Å². The highest BCUT2D eigenvalue weighted by Crippen LogP contribution is 2.32. The fourth-order valence-corrected chi connectivity index (χ4v) is 2.46. The van der Waals surface area contributed by atoms with Crippen molar-refractivity contribution in [1.82, 2.24) is 4.98 Å². The van der Waals surface area contributed by atoms with E-state index in [9.17, 15) is 17.2 Å². The zero-order chi connectivity index (χ0) is 11.8. The summed E-state index contributed by atoms with van der Waals surface area (Å²) in [6, 6.07) is 0. The van der Waals surface area contributed by atoms with Gasteiger partial charge < -0.3 is 0 Å². The maximum Gasteiger partial charge on any atom is 0.267 e. The first kappa shape index (κ1) is 12.6. The van der Waals surface area contributed by atoms with Gasteiger partial charge in [-0.2, -0.15) is 0 Å². The highest BCUT2D eigenvalue weighted by molar-refractivity contribution is 8.13. The van der Waals surface area contributed by atoms with Crippen LogP contribution >= 0.6 is 22.3 Å². The second kappa shape index (κ2) is 4.19. The molecule has 0 unspecified atom stereocenters. The summed E-state index contributed by atoms with van der Waals surface area (Å²) in [5, 5.41) is -0.424. The minimum absolute atomic E-state index is 0.181. The molecule has 8 heteroatoms. The van der Waals surface area contributed by atoms with Crippen LogP contribution in [0.4, 0.5) is 8.78 Å². The lowest BCUT2D eigenvalue weighted by molar-refractivity contribution is 0.150. The number of hydrogen-bond acceptors (Lipinski definition) is 3. The molecule has 0 atom stereocenters. The lowest BCUT2D eigenvalue weighted by Gasteiger charge is -2.09. The smallest absolute Gasteiger partial charge is 0.243 e. The molecule has 3 nitrogen and oxygen atoms in total. The Kier molecular flexibility index (Phi) is 3.52. The Hall–Kier alpha value is -0.460. The van der Waals surface area contributed by atoms with Crippen LogP contribution < -0.4 is 0 Å². The fraction of sp³-hybridized carbons (Fsp3) is 0.286. The normalized spacial score (nSPS) is 12.1. The molecule has 15 heavy (non-hydrogen) atoms. The van der Waals surface area contributed by atoms with Crippen molar-refractivity contribution < 1.29 is 17.2 Å². The Morgan fingerprint density at radius 1 is 1.47 bits per heavy atom. The third kappa shape index (κ3) is 2.56. The molecule has 0 spiro atoms. The molecule has 1 aromatic rings. The second-order valence-electron chi connectivity index (χ2n) is 2.69. The second-order valence-corrected chi connectivity index (χ2v) is 5.58. The molecular formula is C7H5Cl2F2NO2S. The van der Waals surface area contributed by atoms with Gasteiger partial charge in [-0.1, -0.05) is 11.6 Å². The minimum atomic E-state index is -4.09. The zero-order valence-corrected chi connectivity index (χ0v) is 9.67. The summed E-state index contributed by atoms with van der Waals surface area (Å²) in [5.41, 5.74) is -0.793. The van der Waals surface area contributed by atoms with Gasteiger partial charge in [0.05, 0.1) is 5.56 Å². The lowest BCUT2D eigenvalue weighted by Crippen LogP contribution is -2.02. The van der Waals surface area contributed by atoms with E-state index in [1.54, 1.807) is 0 Å². The van der Waals surface area contributed by atoms with Gasteiger partial charge in [0.1, 0.15) is 10.0 Å². The Balaban J connectivity index is 3.56. The van der Waals surface area contributed by atoms with Gasteiger partial charge in [-0.3, -0.25) is 0 Å². The summed E-state index contributed by atoms with van der Waals surface area (Å²) >= 11 is 5.42. The molecular weight excluding hydrogens is 271 g/mol. The van der Waals surface area contributed by atoms with E-state index in [4.69, 9.17) is 22.3 Å². The minimum Gasteiger partial charge on any atom is -0.243 e. The molecule has 0 bridgehead atoms. The Morgan fingerprint density at radius 2 is 2.00 bits per heavy atom. The van der Waals surface area contributed by atoms with E-state index in [0.29, 0.717) is 0 Å². The number of alkyl halides is 2. The Morgan fingerprint density at radius 3 is 2.40 bits per heavy atom. The highest BCUT2D eigenvalue weighted by atomic mass is 35.7. The topological polar surface area (TPSA) is 47.0 Å². The van der Waals surface area contributed by atoms with Crippen molar-refractivity contribution >= 4 is 31.3 Å². The summed E-state index contributed by atoms with van der Waals surface area (Å²) in [4.78, 5) is 2.89. The van der Waals surface area contributed by atoms with Gasteiger partial charge in [-0.25, -0.2) is 22.2 Å². The monoisotopic (exact) mass is 275 g/mol. The summed E-state index contributed by atoms with van der Waals surface area (Å²) < 4.78 is 46.9. The summed E-state index contributed by atoms with van der Waals surface area (Å²) in [6.45, 7) is 1.20. The maximum atomic E-state index is 12.5.